The van der Waals surface area contributed by atoms with Crippen molar-refractivity contribution in [1.29, 1.82) is 0 Å². The van der Waals surface area contributed by atoms with Crippen LogP contribution in [0.5, 0.6) is 5.75 Å². The van der Waals surface area contributed by atoms with Crippen molar-refractivity contribution >= 4 is 16.8 Å². The largest absolute Gasteiger partial charge is 0.493 e. The maximum Gasteiger partial charge on any atom is 0.335 e. The summed E-state index contributed by atoms with van der Waals surface area (Å²) in [6.45, 7) is 2.24. The summed E-state index contributed by atoms with van der Waals surface area (Å²) in [4.78, 5) is 11.5. The molecule has 2 aromatic carbocycles. The molecule has 5 heteroatoms. The highest BCUT2D eigenvalue weighted by Gasteiger charge is 2.07. The van der Waals surface area contributed by atoms with Gasteiger partial charge in [-0.05, 0) is 42.8 Å². The van der Waals surface area contributed by atoms with E-state index in [0.717, 1.165) is 10.5 Å². The van der Waals surface area contributed by atoms with Crippen LogP contribution in [-0.4, -0.2) is 27.6 Å². The minimum atomic E-state index is -1.10. The first-order chi connectivity index (χ1) is 10.1. The van der Waals surface area contributed by atoms with Gasteiger partial charge < -0.3 is 9.84 Å². The van der Waals surface area contributed by atoms with Gasteiger partial charge in [-0.1, -0.05) is 18.2 Å². The Morgan fingerprint density at radius 3 is 2.43 bits per heavy atom. The lowest BCUT2D eigenvalue weighted by molar-refractivity contribution is 0.0697. The zero-order valence-corrected chi connectivity index (χ0v) is 12.4. The number of aromatic carboxylic acids is 1. The average molecular weight is 304 g/mol. The Morgan fingerprint density at radius 2 is 1.81 bits per heavy atom. The predicted octanol–water partition coefficient (Wildman–Crippen LogP) is 2.88. The molecule has 1 N–H and O–H groups in total. The van der Waals surface area contributed by atoms with E-state index in [0.29, 0.717) is 18.1 Å². The van der Waals surface area contributed by atoms with Gasteiger partial charge >= 0.3 is 5.97 Å². The summed E-state index contributed by atoms with van der Waals surface area (Å²) in [6, 6.07) is 13.7. The summed E-state index contributed by atoms with van der Waals surface area (Å²) >= 11 is 0. The predicted molar refractivity (Wildman–Crippen MR) is 81.4 cm³/mol. The number of hydrogen-bond acceptors (Lipinski definition) is 3. The highest BCUT2D eigenvalue weighted by Crippen LogP contribution is 2.14. The van der Waals surface area contributed by atoms with Crippen molar-refractivity contribution in [2.24, 2.45) is 0 Å². The molecule has 2 aromatic rings. The average Bonchev–Trinajstić information content (AvgIpc) is 2.48. The van der Waals surface area contributed by atoms with E-state index in [2.05, 4.69) is 0 Å². The molecule has 110 valence electrons. The van der Waals surface area contributed by atoms with Crippen LogP contribution in [0.15, 0.2) is 53.4 Å². The number of benzene rings is 2. The SMILES string of the molecule is Cc1ccccc1S(=O)CCOc1ccc(C(=O)O)cc1. The van der Waals surface area contributed by atoms with E-state index >= 15 is 0 Å². The van der Waals surface area contributed by atoms with Gasteiger partial charge in [-0.15, -0.1) is 0 Å². The van der Waals surface area contributed by atoms with E-state index in [9.17, 15) is 9.00 Å². The Bertz CT molecular complexity index is 650. The summed E-state index contributed by atoms with van der Waals surface area (Å²) in [7, 11) is -1.10. The molecular weight excluding hydrogens is 288 g/mol. The van der Waals surface area contributed by atoms with Crippen molar-refractivity contribution in [2.45, 2.75) is 11.8 Å². The Morgan fingerprint density at radius 1 is 1.14 bits per heavy atom. The maximum absolute atomic E-state index is 12.2. The number of ether oxygens (including phenoxy) is 1. The number of carboxylic acids is 1. The third-order valence-corrected chi connectivity index (χ3v) is 4.46. The number of aryl methyl sites for hydroxylation is 1. The molecule has 0 saturated heterocycles. The zero-order chi connectivity index (χ0) is 15.2. The van der Waals surface area contributed by atoms with Gasteiger partial charge in [0.05, 0.1) is 22.1 Å². The monoisotopic (exact) mass is 304 g/mol. The Labute approximate surface area is 125 Å². The third-order valence-electron chi connectivity index (χ3n) is 2.98. The Hall–Kier alpha value is -2.14. The van der Waals surface area contributed by atoms with E-state index in [1.54, 1.807) is 12.1 Å². The first kappa shape index (κ1) is 15.3. The van der Waals surface area contributed by atoms with Crippen LogP contribution in [0.2, 0.25) is 0 Å². The van der Waals surface area contributed by atoms with Crippen LogP contribution >= 0.6 is 0 Å². The molecule has 0 spiro atoms. The number of carbonyl (C=O) groups is 1. The molecule has 2 rings (SSSR count). The zero-order valence-electron chi connectivity index (χ0n) is 11.6. The minimum absolute atomic E-state index is 0.214. The maximum atomic E-state index is 12.2. The molecular formula is C16H16O4S. The molecule has 0 aromatic heterocycles. The molecule has 0 aliphatic carbocycles. The fourth-order valence-corrected chi connectivity index (χ4v) is 2.96. The van der Waals surface area contributed by atoms with Crippen molar-refractivity contribution in [3.8, 4) is 5.75 Å². The normalized spacial score (nSPS) is 11.9. The van der Waals surface area contributed by atoms with Gasteiger partial charge in [-0.25, -0.2) is 4.79 Å². The quantitative estimate of drug-likeness (QED) is 0.891. The van der Waals surface area contributed by atoms with Gasteiger partial charge in [0.15, 0.2) is 0 Å². The van der Waals surface area contributed by atoms with Gasteiger partial charge in [-0.2, -0.15) is 0 Å². The van der Waals surface area contributed by atoms with Crippen LogP contribution in [0, 0.1) is 6.92 Å². The lowest BCUT2D eigenvalue weighted by Gasteiger charge is -2.08. The van der Waals surface area contributed by atoms with Crippen molar-refractivity contribution in [2.75, 3.05) is 12.4 Å². The molecule has 0 heterocycles. The number of rotatable bonds is 6. The van der Waals surface area contributed by atoms with Crippen LogP contribution in [0.3, 0.4) is 0 Å². The second kappa shape index (κ2) is 7.04. The lowest BCUT2D eigenvalue weighted by atomic mass is 10.2. The van der Waals surface area contributed by atoms with Gasteiger partial charge in [0.25, 0.3) is 0 Å². The van der Waals surface area contributed by atoms with Crippen molar-refractivity contribution in [3.63, 3.8) is 0 Å². The molecule has 0 radical (unpaired) electrons. The molecule has 0 fully saturated rings. The highest BCUT2D eigenvalue weighted by atomic mass is 32.2. The fraction of sp³-hybridized carbons (Fsp3) is 0.188. The van der Waals surface area contributed by atoms with Crippen LogP contribution < -0.4 is 4.74 Å². The molecule has 0 saturated carbocycles. The van der Waals surface area contributed by atoms with Crippen LogP contribution in [-0.2, 0) is 10.8 Å². The van der Waals surface area contributed by atoms with E-state index in [1.807, 2.05) is 31.2 Å². The van der Waals surface area contributed by atoms with Gasteiger partial charge in [-0.3, -0.25) is 4.21 Å². The second-order valence-electron chi connectivity index (χ2n) is 4.49. The highest BCUT2D eigenvalue weighted by molar-refractivity contribution is 7.85. The fourth-order valence-electron chi connectivity index (χ4n) is 1.85. The van der Waals surface area contributed by atoms with Crippen LogP contribution in [0.1, 0.15) is 15.9 Å². The number of hydrogen-bond donors (Lipinski definition) is 1. The first-order valence-electron chi connectivity index (χ1n) is 6.48. The van der Waals surface area contributed by atoms with E-state index in [4.69, 9.17) is 9.84 Å². The topological polar surface area (TPSA) is 63.6 Å². The van der Waals surface area contributed by atoms with E-state index in [-0.39, 0.29) is 5.56 Å². The summed E-state index contributed by atoms with van der Waals surface area (Å²) in [5.74, 6) is -0.00470. The molecule has 0 aliphatic heterocycles. The summed E-state index contributed by atoms with van der Waals surface area (Å²) < 4.78 is 17.6. The van der Waals surface area contributed by atoms with Gasteiger partial charge in [0.2, 0.25) is 0 Å². The van der Waals surface area contributed by atoms with Crippen molar-refractivity contribution in [1.82, 2.24) is 0 Å². The van der Waals surface area contributed by atoms with Gasteiger partial charge in [0, 0.05) is 4.90 Å². The molecule has 4 nitrogen and oxygen atoms in total. The number of carboxylic acid groups (broad SMARTS) is 1. The lowest BCUT2D eigenvalue weighted by Crippen LogP contribution is -2.09. The molecule has 0 amide bonds. The standard InChI is InChI=1S/C16H16O4S/c1-12-4-2-3-5-15(12)21(19)11-10-20-14-8-6-13(7-9-14)16(17)18/h2-9H,10-11H2,1H3,(H,17,18). The molecule has 1 atom stereocenters. The summed E-state index contributed by atoms with van der Waals surface area (Å²) in [5.41, 5.74) is 1.22. The van der Waals surface area contributed by atoms with Crippen LogP contribution in [0.25, 0.3) is 0 Å². The Kier molecular flexibility index (Phi) is 5.11. The molecule has 21 heavy (non-hydrogen) atoms. The molecule has 0 aliphatic rings. The smallest absolute Gasteiger partial charge is 0.335 e. The molecule has 1 unspecified atom stereocenters. The second-order valence-corrected chi connectivity index (χ2v) is 6.03. The van der Waals surface area contributed by atoms with E-state index < -0.39 is 16.8 Å². The molecule has 0 bridgehead atoms. The Balaban J connectivity index is 1.88. The minimum Gasteiger partial charge on any atom is -0.493 e. The first-order valence-corrected chi connectivity index (χ1v) is 7.80. The summed E-state index contributed by atoms with van der Waals surface area (Å²) in [6.07, 6.45) is 0. The van der Waals surface area contributed by atoms with E-state index in [1.165, 1.54) is 12.1 Å². The van der Waals surface area contributed by atoms with Crippen molar-refractivity contribution < 1.29 is 18.8 Å². The van der Waals surface area contributed by atoms with Crippen molar-refractivity contribution in [3.05, 3.63) is 59.7 Å². The summed E-state index contributed by atoms with van der Waals surface area (Å²) in [5, 5.41) is 8.80. The third kappa shape index (κ3) is 4.16. The van der Waals surface area contributed by atoms with Crippen LogP contribution in [0.4, 0.5) is 0 Å². The van der Waals surface area contributed by atoms with Gasteiger partial charge in [0.1, 0.15) is 12.4 Å².